The molecule has 7 nitrogen and oxygen atoms in total. The molecule has 0 saturated carbocycles. The van der Waals surface area contributed by atoms with Crippen LogP contribution in [0.25, 0.3) is 11.1 Å². The average Bonchev–Trinajstić information content (AvgIpc) is 3.56. The van der Waals surface area contributed by atoms with E-state index in [9.17, 15) is 18.0 Å². The zero-order valence-electron chi connectivity index (χ0n) is 22.4. The van der Waals surface area contributed by atoms with Gasteiger partial charge in [0.1, 0.15) is 0 Å². The number of alkyl halides is 3. The lowest BCUT2D eigenvalue weighted by Crippen LogP contribution is -2.58. The van der Waals surface area contributed by atoms with Crippen molar-refractivity contribution in [3.05, 3.63) is 101 Å². The number of carbonyl (C=O) groups is 1. The summed E-state index contributed by atoms with van der Waals surface area (Å²) in [6, 6.07) is 13.2. The molecule has 2 atom stereocenters. The van der Waals surface area contributed by atoms with Gasteiger partial charge in [-0.25, -0.2) is 0 Å². The molecule has 0 saturated heterocycles. The van der Waals surface area contributed by atoms with Gasteiger partial charge in [0.05, 0.1) is 35.5 Å². The first-order valence-corrected chi connectivity index (χ1v) is 13.2. The van der Waals surface area contributed by atoms with Crippen LogP contribution in [0.2, 0.25) is 0 Å². The van der Waals surface area contributed by atoms with Crippen LogP contribution in [0.4, 0.5) is 13.2 Å². The predicted octanol–water partition coefficient (Wildman–Crippen LogP) is 6.10. The fourth-order valence-electron chi connectivity index (χ4n) is 6.16. The van der Waals surface area contributed by atoms with E-state index in [1.54, 1.807) is 17.1 Å². The molecule has 10 heteroatoms. The summed E-state index contributed by atoms with van der Waals surface area (Å²) >= 11 is 0. The van der Waals surface area contributed by atoms with Gasteiger partial charge in [-0.15, -0.1) is 0 Å². The maximum absolute atomic E-state index is 13.6. The van der Waals surface area contributed by atoms with Crippen LogP contribution < -0.4 is 10.6 Å². The number of azo groups is 1. The molecule has 1 aromatic heterocycles. The Morgan fingerprint density at radius 3 is 2.60 bits per heavy atom. The number of hydrogen-bond donors (Lipinski definition) is 2. The number of halogens is 3. The van der Waals surface area contributed by atoms with Crippen LogP contribution in [0.1, 0.15) is 50.3 Å². The molecule has 1 unspecified atom stereocenters. The molecule has 0 bridgehead atoms. The highest BCUT2D eigenvalue weighted by atomic mass is 19.4. The number of benzene rings is 2. The Morgan fingerprint density at radius 1 is 1.10 bits per heavy atom. The van der Waals surface area contributed by atoms with Crippen LogP contribution >= 0.6 is 0 Å². The van der Waals surface area contributed by atoms with Crippen LogP contribution in [0.15, 0.2) is 94.2 Å². The first-order valence-electron chi connectivity index (χ1n) is 13.2. The van der Waals surface area contributed by atoms with Crippen LogP contribution in [0.5, 0.6) is 0 Å². The maximum atomic E-state index is 13.6. The molecule has 40 heavy (non-hydrogen) atoms. The normalized spacial score (nSPS) is 23.3. The topological polar surface area (TPSA) is 83.7 Å². The molecular formula is C30H29F3N6O. The summed E-state index contributed by atoms with van der Waals surface area (Å²) in [6.45, 7) is 6.43. The van der Waals surface area contributed by atoms with Gasteiger partial charge in [0.25, 0.3) is 5.91 Å². The molecule has 0 spiro atoms. The van der Waals surface area contributed by atoms with Crippen LogP contribution in [-0.2, 0) is 22.9 Å². The van der Waals surface area contributed by atoms with Gasteiger partial charge in [-0.05, 0) is 55.2 Å². The van der Waals surface area contributed by atoms with Gasteiger partial charge in [-0.2, -0.15) is 28.5 Å². The molecule has 4 heterocycles. The molecule has 206 valence electrons. The summed E-state index contributed by atoms with van der Waals surface area (Å²) in [5.41, 5.74) is 4.25. The fourth-order valence-corrected chi connectivity index (χ4v) is 6.16. The Morgan fingerprint density at radius 2 is 1.88 bits per heavy atom. The highest BCUT2D eigenvalue weighted by Gasteiger charge is 2.53. The lowest BCUT2D eigenvalue weighted by molar-refractivity contribution is -0.137. The van der Waals surface area contributed by atoms with E-state index in [1.165, 1.54) is 12.1 Å². The number of fused-ring (bicyclic) bond motifs is 1. The van der Waals surface area contributed by atoms with Gasteiger partial charge in [0, 0.05) is 35.0 Å². The van der Waals surface area contributed by atoms with Gasteiger partial charge < -0.3 is 10.6 Å². The van der Waals surface area contributed by atoms with Crippen molar-refractivity contribution in [2.45, 2.75) is 63.5 Å². The van der Waals surface area contributed by atoms with Crippen molar-refractivity contribution in [2.75, 3.05) is 0 Å². The third-order valence-corrected chi connectivity index (χ3v) is 7.98. The summed E-state index contributed by atoms with van der Waals surface area (Å²) in [5, 5.41) is 19.7. The molecule has 0 radical (unpaired) electrons. The molecule has 1 amide bonds. The van der Waals surface area contributed by atoms with Crippen molar-refractivity contribution in [1.82, 2.24) is 20.4 Å². The summed E-state index contributed by atoms with van der Waals surface area (Å²) in [4.78, 5) is 13.6. The van der Waals surface area contributed by atoms with Crippen molar-refractivity contribution in [3.8, 4) is 11.1 Å². The number of aromatic nitrogens is 2. The average molecular weight is 547 g/mol. The van der Waals surface area contributed by atoms with E-state index in [0.29, 0.717) is 30.5 Å². The Bertz CT molecular complexity index is 1580. The van der Waals surface area contributed by atoms with Crippen molar-refractivity contribution in [1.29, 1.82) is 0 Å². The molecule has 2 aromatic carbocycles. The second-order valence-electron chi connectivity index (χ2n) is 11.2. The SMILES string of the molecule is CC[C@@]1(c2cccc(-c3cnn(Cc4ccc(C(F)(F)F)cc4)c3)c2)C2=CN=NC2NC2=C1C(=O)NC(C)(C)C2. The number of rotatable bonds is 5. The van der Waals surface area contributed by atoms with E-state index >= 15 is 0 Å². The van der Waals surface area contributed by atoms with Crippen LogP contribution in [0.3, 0.4) is 0 Å². The van der Waals surface area contributed by atoms with Gasteiger partial charge >= 0.3 is 6.18 Å². The lowest BCUT2D eigenvalue weighted by atomic mass is 9.62. The van der Waals surface area contributed by atoms with Crippen molar-refractivity contribution in [2.24, 2.45) is 10.2 Å². The molecule has 0 fully saturated rings. The van der Waals surface area contributed by atoms with E-state index in [1.807, 2.05) is 38.2 Å². The van der Waals surface area contributed by atoms with Gasteiger partial charge in [0.15, 0.2) is 6.17 Å². The monoisotopic (exact) mass is 546 g/mol. The number of hydrogen-bond acceptors (Lipinski definition) is 5. The van der Waals surface area contributed by atoms with Crippen molar-refractivity contribution in [3.63, 3.8) is 0 Å². The minimum atomic E-state index is -4.37. The smallest absolute Gasteiger partial charge is 0.362 e. The highest BCUT2D eigenvalue weighted by Crippen LogP contribution is 2.51. The van der Waals surface area contributed by atoms with Gasteiger partial charge in [-0.1, -0.05) is 37.3 Å². The van der Waals surface area contributed by atoms with Crippen molar-refractivity contribution >= 4 is 5.91 Å². The molecule has 3 aliphatic rings. The number of amides is 1. The molecule has 3 aliphatic heterocycles. The van der Waals surface area contributed by atoms with Crippen LogP contribution in [-0.4, -0.2) is 27.4 Å². The van der Waals surface area contributed by atoms with E-state index in [0.717, 1.165) is 40.1 Å². The minimum Gasteiger partial charge on any atom is -0.362 e. The summed E-state index contributed by atoms with van der Waals surface area (Å²) < 4.78 is 40.5. The Kier molecular flexibility index (Phi) is 5.97. The standard InChI is InChI=1S/C30H29F3N6O/c1-4-29(23-15-34-38-26(23)36-24-13-28(2,3)37-27(40)25(24)29)22-7-5-6-19(12-22)20-14-35-39(17-20)16-18-8-10-21(11-9-18)30(31,32)33/h5-12,14-15,17,26,36H,4,13,16H2,1-3H3,(H,37,40)/t26?,29-/m1/s1. The maximum Gasteiger partial charge on any atom is 0.416 e. The summed E-state index contributed by atoms with van der Waals surface area (Å²) in [5.74, 6) is -0.0957. The number of carbonyl (C=O) groups excluding carboxylic acids is 1. The second-order valence-corrected chi connectivity index (χ2v) is 11.2. The van der Waals surface area contributed by atoms with E-state index < -0.39 is 17.2 Å². The minimum absolute atomic E-state index is 0.0957. The largest absolute Gasteiger partial charge is 0.416 e. The number of nitrogens with one attached hydrogen (secondary N) is 2. The summed E-state index contributed by atoms with van der Waals surface area (Å²) in [6.07, 6.45) is 2.00. The van der Waals surface area contributed by atoms with Crippen LogP contribution in [0, 0.1) is 0 Å². The molecule has 2 N–H and O–H groups in total. The zero-order chi connectivity index (χ0) is 28.3. The van der Waals surface area contributed by atoms with Gasteiger partial charge in [-0.3, -0.25) is 9.48 Å². The third kappa shape index (κ3) is 4.31. The molecule has 6 rings (SSSR count). The number of nitrogens with zero attached hydrogens (tertiary/aromatic N) is 4. The molecular weight excluding hydrogens is 517 g/mol. The first kappa shape index (κ1) is 26.0. The Balaban J connectivity index is 1.36. The van der Waals surface area contributed by atoms with E-state index in [2.05, 4.69) is 39.0 Å². The van der Waals surface area contributed by atoms with Crippen molar-refractivity contribution < 1.29 is 18.0 Å². The first-order chi connectivity index (χ1) is 19.0. The second kappa shape index (κ2) is 9.18. The molecule has 0 aliphatic carbocycles. The highest BCUT2D eigenvalue weighted by molar-refractivity contribution is 6.00. The zero-order valence-corrected chi connectivity index (χ0v) is 22.4. The summed E-state index contributed by atoms with van der Waals surface area (Å²) in [7, 11) is 0. The van der Waals surface area contributed by atoms with E-state index in [4.69, 9.17) is 0 Å². The van der Waals surface area contributed by atoms with E-state index in [-0.39, 0.29) is 17.6 Å². The quantitative estimate of drug-likeness (QED) is 0.406. The predicted molar refractivity (Wildman–Crippen MR) is 144 cm³/mol. The molecule has 3 aromatic rings. The van der Waals surface area contributed by atoms with Gasteiger partial charge in [0.2, 0.25) is 0 Å². The Labute approximate surface area is 229 Å². The third-order valence-electron chi connectivity index (χ3n) is 7.98. The fraction of sp³-hybridized carbons (Fsp3) is 0.333. The lowest BCUT2D eigenvalue weighted by Gasteiger charge is -2.48. The Hall–Kier alpha value is -4.21.